The molecule has 0 aromatic heterocycles. The van der Waals surface area contributed by atoms with Gasteiger partial charge in [-0.1, -0.05) is 54.2 Å². The van der Waals surface area contributed by atoms with Crippen molar-refractivity contribution in [3.8, 4) is 5.75 Å². The van der Waals surface area contributed by atoms with E-state index in [1.807, 2.05) is 54.6 Å². The van der Waals surface area contributed by atoms with Gasteiger partial charge in [-0.2, -0.15) is 0 Å². The molecular formula is C21H21N3O3S. The van der Waals surface area contributed by atoms with Gasteiger partial charge in [0.05, 0.1) is 18.9 Å². The molecule has 0 bridgehead atoms. The van der Waals surface area contributed by atoms with Gasteiger partial charge in [-0.25, -0.2) is 4.99 Å². The third-order valence-electron chi connectivity index (χ3n) is 4.20. The van der Waals surface area contributed by atoms with E-state index in [4.69, 9.17) is 10.5 Å². The van der Waals surface area contributed by atoms with Crippen LogP contribution in [0.25, 0.3) is 6.08 Å². The molecule has 28 heavy (non-hydrogen) atoms. The average molecular weight is 395 g/mol. The van der Waals surface area contributed by atoms with Crippen molar-refractivity contribution >= 4 is 34.8 Å². The van der Waals surface area contributed by atoms with Crippen molar-refractivity contribution in [2.75, 3.05) is 7.11 Å². The molecule has 144 valence electrons. The molecule has 2 amide bonds. The number of methoxy groups -OCH3 is 1. The lowest BCUT2D eigenvalue weighted by Crippen LogP contribution is -2.33. The summed E-state index contributed by atoms with van der Waals surface area (Å²) in [4.78, 5) is 30.5. The fraction of sp³-hybridized carbons (Fsp3) is 0.190. The maximum absolute atomic E-state index is 13.0. The van der Waals surface area contributed by atoms with E-state index in [-0.39, 0.29) is 5.91 Å². The van der Waals surface area contributed by atoms with E-state index in [2.05, 4.69) is 4.99 Å². The fourth-order valence-electron chi connectivity index (χ4n) is 2.60. The first-order chi connectivity index (χ1) is 13.5. The molecule has 0 radical (unpaired) electrons. The minimum atomic E-state index is -0.495. The Kier molecular flexibility index (Phi) is 6.16. The topological polar surface area (TPSA) is 85.0 Å². The predicted molar refractivity (Wildman–Crippen MR) is 112 cm³/mol. The molecule has 0 fully saturated rings. The first-order valence-corrected chi connectivity index (χ1v) is 9.62. The second-order valence-corrected chi connectivity index (χ2v) is 7.54. The molecule has 6 nitrogen and oxygen atoms in total. The summed E-state index contributed by atoms with van der Waals surface area (Å²) in [7, 11) is 1.60. The second kappa shape index (κ2) is 8.75. The third-order valence-corrected chi connectivity index (χ3v) is 5.31. The Hall–Kier alpha value is -3.06. The van der Waals surface area contributed by atoms with Crippen LogP contribution in [0.3, 0.4) is 0 Å². The molecule has 1 aliphatic heterocycles. The number of nitrogens with two attached hydrogens (primary N) is 1. The van der Waals surface area contributed by atoms with Gasteiger partial charge in [-0.3, -0.25) is 14.5 Å². The van der Waals surface area contributed by atoms with Gasteiger partial charge in [0, 0.05) is 0 Å². The maximum Gasteiger partial charge on any atom is 0.278 e. The van der Waals surface area contributed by atoms with Crippen LogP contribution in [0.2, 0.25) is 0 Å². The van der Waals surface area contributed by atoms with Gasteiger partial charge in [0.25, 0.3) is 5.91 Å². The summed E-state index contributed by atoms with van der Waals surface area (Å²) in [6.45, 7) is 2.07. The van der Waals surface area contributed by atoms with E-state index >= 15 is 0 Å². The number of carbonyl (C=O) groups is 2. The Labute approximate surface area is 168 Å². The molecule has 0 spiro atoms. The normalized spacial score (nSPS) is 16.2. The second-order valence-electron chi connectivity index (χ2n) is 6.24. The van der Waals surface area contributed by atoms with Crippen LogP contribution in [0.4, 0.5) is 0 Å². The predicted octanol–water partition coefficient (Wildman–Crippen LogP) is 3.04. The summed E-state index contributed by atoms with van der Waals surface area (Å²) >= 11 is 1.19. The van der Waals surface area contributed by atoms with Gasteiger partial charge in [-0.15, -0.1) is 0 Å². The largest absolute Gasteiger partial charge is 0.497 e. The van der Waals surface area contributed by atoms with E-state index in [0.29, 0.717) is 17.4 Å². The molecule has 2 aromatic carbocycles. The van der Waals surface area contributed by atoms with Crippen LogP contribution in [-0.2, 0) is 16.1 Å². The standard InChI is InChI=1S/C21H21N3O3S/c1-14(19(22)25)28-21-23-18(12-15-8-10-17(27-2)11-9-15)20(26)24(21)13-16-6-4-3-5-7-16/h3-12,14H,13H2,1-2H3,(H2,22,25)/b18-12-/t14-/m0/s1. The smallest absolute Gasteiger partial charge is 0.278 e. The van der Waals surface area contributed by atoms with Gasteiger partial charge in [0.15, 0.2) is 5.17 Å². The lowest BCUT2D eigenvalue weighted by molar-refractivity contribution is -0.123. The quantitative estimate of drug-likeness (QED) is 0.762. The highest BCUT2D eigenvalue weighted by molar-refractivity contribution is 8.14. The number of carbonyl (C=O) groups excluding carboxylic acids is 2. The Morgan fingerprint density at radius 3 is 2.50 bits per heavy atom. The highest BCUT2D eigenvalue weighted by Crippen LogP contribution is 2.28. The number of nitrogens with zero attached hydrogens (tertiary/aromatic N) is 2. The van der Waals surface area contributed by atoms with Gasteiger partial charge in [0.2, 0.25) is 5.91 Å². The molecule has 1 heterocycles. The zero-order valence-electron chi connectivity index (χ0n) is 15.7. The highest BCUT2D eigenvalue weighted by Gasteiger charge is 2.32. The van der Waals surface area contributed by atoms with Crippen LogP contribution in [0.5, 0.6) is 5.75 Å². The molecule has 2 N–H and O–H groups in total. The molecule has 2 aromatic rings. The zero-order valence-corrected chi connectivity index (χ0v) is 16.5. The first-order valence-electron chi connectivity index (χ1n) is 8.74. The number of benzene rings is 2. The first kappa shape index (κ1) is 19.7. The number of hydrogen-bond donors (Lipinski definition) is 1. The van der Waals surface area contributed by atoms with Gasteiger partial charge >= 0.3 is 0 Å². The number of ether oxygens (including phenoxy) is 1. The highest BCUT2D eigenvalue weighted by atomic mass is 32.2. The lowest BCUT2D eigenvalue weighted by Gasteiger charge is -2.19. The summed E-state index contributed by atoms with van der Waals surface area (Å²) in [6.07, 6.45) is 1.72. The molecule has 0 unspecified atom stereocenters. The summed E-state index contributed by atoms with van der Waals surface area (Å²) in [5, 5.41) is -0.0231. The Balaban J connectivity index is 1.90. The Bertz CT molecular complexity index is 924. The molecule has 0 saturated carbocycles. The zero-order chi connectivity index (χ0) is 20.1. The van der Waals surface area contributed by atoms with Crippen LogP contribution in [0.15, 0.2) is 65.3 Å². The summed E-state index contributed by atoms with van der Waals surface area (Å²) in [6, 6.07) is 17.0. The number of aliphatic imine (C=N–C) groups is 1. The molecular weight excluding hydrogens is 374 g/mol. The number of amidine groups is 1. The summed E-state index contributed by atoms with van der Waals surface area (Å²) < 4.78 is 5.16. The Morgan fingerprint density at radius 1 is 1.21 bits per heavy atom. The van der Waals surface area contributed by atoms with Crippen molar-refractivity contribution in [3.63, 3.8) is 0 Å². The minimum absolute atomic E-state index is 0.209. The van der Waals surface area contributed by atoms with Crippen molar-refractivity contribution in [2.24, 2.45) is 10.7 Å². The van der Waals surface area contributed by atoms with E-state index in [9.17, 15) is 9.59 Å². The number of rotatable bonds is 6. The van der Waals surface area contributed by atoms with Crippen molar-refractivity contribution < 1.29 is 14.3 Å². The van der Waals surface area contributed by atoms with E-state index in [0.717, 1.165) is 16.9 Å². The van der Waals surface area contributed by atoms with Crippen molar-refractivity contribution in [3.05, 3.63) is 71.4 Å². The van der Waals surface area contributed by atoms with E-state index in [1.165, 1.54) is 11.8 Å². The number of primary amides is 1. The monoisotopic (exact) mass is 395 g/mol. The third kappa shape index (κ3) is 4.61. The molecule has 3 rings (SSSR count). The van der Waals surface area contributed by atoms with E-state index in [1.54, 1.807) is 25.0 Å². The van der Waals surface area contributed by atoms with Crippen molar-refractivity contribution in [2.45, 2.75) is 18.7 Å². The van der Waals surface area contributed by atoms with Crippen LogP contribution >= 0.6 is 11.8 Å². The minimum Gasteiger partial charge on any atom is -0.497 e. The Morgan fingerprint density at radius 2 is 1.89 bits per heavy atom. The molecule has 0 aliphatic carbocycles. The van der Waals surface area contributed by atoms with Crippen LogP contribution in [0.1, 0.15) is 18.1 Å². The van der Waals surface area contributed by atoms with Gasteiger partial charge in [0.1, 0.15) is 11.4 Å². The fourth-order valence-corrected chi connectivity index (χ4v) is 3.46. The molecule has 1 aliphatic rings. The summed E-state index contributed by atoms with van der Waals surface area (Å²) in [5.74, 6) is 0.0758. The average Bonchev–Trinajstić information content (AvgIpc) is 2.98. The van der Waals surface area contributed by atoms with E-state index < -0.39 is 11.2 Å². The van der Waals surface area contributed by atoms with Gasteiger partial charge < -0.3 is 10.5 Å². The molecule has 0 saturated heterocycles. The van der Waals surface area contributed by atoms with Crippen LogP contribution < -0.4 is 10.5 Å². The number of amides is 2. The van der Waals surface area contributed by atoms with Crippen LogP contribution in [-0.4, -0.2) is 34.2 Å². The summed E-state index contributed by atoms with van der Waals surface area (Å²) in [5.41, 5.74) is 7.52. The van der Waals surface area contributed by atoms with Crippen LogP contribution in [0, 0.1) is 0 Å². The molecule has 1 atom stereocenters. The number of thioether (sulfide) groups is 1. The number of hydrogen-bond acceptors (Lipinski definition) is 5. The maximum atomic E-state index is 13.0. The van der Waals surface area contributed by atoms with Crippen molar-refractivity contribution in [1.29, 1.82) is 0 Å². The molecule has 7 heteroatoms. The SMILES string of the molecule is COc1ccc(/C=C2\N=C(S[C@@H](C)C(N)=O)N(Cc3ccccc3)C2=O)cc1. The van der Waals surface area contributed by atoms with Crippen molar-refractivity contribution in [1.82, 2.24) is 4.90 Å². The lowest BCUT2D eigenvalue weighted by atomic mass is 10.1. The van der Waals surface area contributed by atoms with Gasteiger partial charge in [-0.05, 0) is 36.3 Å².